The number of benzene rings is 2. The van der Waals surface area contributed by atoms with E-state index in [0.29, 0.717) is 25.0 Å². The van der Waals surface area contributed by atoms with Gasteiger partial charge in [-0.15, -0.1) is 0 Å². The number of halogens is 4. The molecule has 3 rings (SSSR count). The molecular weight excluding hydrogens is 588 g/mol. The molecular formula is C31H34F4N2O5S. The molecule has 1 aliphatic heterocycles. The highest BCUT2D eigenvalue weighted by Crippen LogP contribution is 2.53. The zero-order chi connectivity index (χ0) is 31.6. The number of hydrogen-bond acceptors (Lipinski definition) is 5. The molecule has 43 heavy (non-hydrogen) atoms. The third-order valence-electron chi connectivity index (χ3n) is 7.17. The van der Waals surface area contributed by atoms with Gasteiger partial charge in [0.25, 0.3) is 10.1 Å². The first-order valence-electron chi connectivity index (χ1n) is 13.8. The van der Waals surface area contributed by atoms with E-state index in [-0.39, 0.29) is 37.8 Å². The van der Waals surface area contributed by atoms with E-state index in [0.717, 1.165) is 5.69 Å². The van der Waals surface area contributed by atoms with Crippen molar-refractivity contribution in [2.45, 2.75) is 57.3 Å². The number of carbonyl (C=O) groups is 1. The number of aliphatic imine (C=N–C) groups is 1. The summed E-state index contributed by atoms with van der Waals surface area (Å²) in [4.78, 5) is 16.5. The van der Waals surface area contributed by atoms with Crippen LogP contribution in [-0.2, 0) is 20.3 Å². The molecule has 0 amide bonds. The van der Waals surface area contributed by atoms with Crippen LogP contribution in [0.25, 0.3) is 0 Å². The van der Waals surface area contributed by atoms with Crippen LogP contribution in [0.3, 0.4) is 0 Å². The third kappa shape index (κ3) is 8.87. The topological polar surface area (TPSA) is 107 Å². The number of allylic oxidation sites excluding steroid dienone is 6. The molecule has 12 heteroatoms. The summed E-state index contributed by atoms with van der Waals surface area (Å²) in [6.07, 6.45) is 11.0. The number of carboxylic acid groups (broad SMARTS) is 1. The first-order chi connectivity index (χ1) is 20.4. The standard InChI is InChI=1S/C31H34F4N2O5S/c1-31(18-10-13-21-43(40,41)42)23(16-8-2-3-11-19-36-22-14-6-4-7-15-22)37(20-12-5-9-17-24(38)39)30-25(31)26(32)27(33)28(34)29(30)35/h2-4,6-8,11,14-16,19H,5,9-10,12-13,17-18,20-21H2,1H3,(H,38,39)(H,40,41,42)/b8-2+,11-3+,23-16+,36-19+. The van der Waals surface area contributed by atoms with Crippen LogP contribution in [0.5, 0.6) is 0 Å². The largest absolute Gasteiger partial charge is 0.481 e. The van der Waals surface area contributed by atoms with Gasteiger partial charge in [-0.1, -0.05) is 49.3 Å². The molecule has 1 atom stereocenters. The van der Waals surface area contributed by atoms with E-state index in [1.54, 1.807) is 43.5 Å². The summed E-state index contributed by atoms with van der Waals surface area (Å²) in [6, 6.07) is 9.24. The first kappa shape index (κ1) is 33.7. The molecule has 1 heterocycles. The molecule has 2 aromatic rings. The summed E-state index contributed by atoms with van der Waals surface area (Å²) in [6.45, 7) is 1.61. The fourth-order valence-electron chi connectivity index (χ4n) is 5.14. The second-order valence-corrected chi connectivity index (χ2v) is 11.9. The van der Waals surface area contributed by atoms with Gasteiger partial charge >= 0.3 is 5.97 Å². The van der Waals surface area contributed by atoms with Gasteiger partial charge in [0.2, 0.25) is 0 Å². The van der Waals surface area contributed by atoms with E-state index in [2.05, 4.69) is 4.99 Å². The lowest BCUT2D eigenvalue weighted by atomic mass is 9.76. The molecule has 2 aromatic carbocycles. The van der Waals surface area contributed by atoms with E-state index in [1.165, 1.54) is 4.90 Å². The Balaban J connectivity index is 1.98. The normalized spacial score (nSPS) is 18.1. The Kier molecular flexibility index (Phi) is 11.8. The molecule has 0 fully saturated rings. The molecule has 232 valence electrons. The predicted molar refractivity (Wildman–Crippen MR) is 158 cm³/mol. The second kappa shape index (κ2) is 15.1. The number of para-hydroxylation sites is 1. The van der Waals surface area contributed by atoms with Gasteiger partial charge in [0.1, 0.15) is 0 Å². The van der Waals surface area contributed by atoms with E-state index >= 15 is 8.78 Å². The Labute approximate surface area is 248 Å². The van der Waals surface area contributed by atoms with Crippen molar-refractivity contribution in [1.82, 2.24) is 0 Å². The quantitative estimate of drug-likeness (QED) is 0.0407. The zero-order valence-electron chi connectivity index (χ0n) is 23.6. The number of nitrogens with zero attached hydrogens (tertiary/aromatic N) is 2. The van der Waals surface area contributed by atoms with Gasteiger partial charge in [-0.25, -0.2) is 17.6 Å². The van der Waals surface area contributed by atoms with Crippen LogP contribution in [0.15, 0.2) is 71.4 Å². The van der Waals surface area contributed by atoms with E-state index in [4.69, 9.17) is 9.66 Å². The fraction of sp³-hybridized carbons (Fsp3) is 0.355. The minimum Gasteiger partial charge on any atom is -0.481 e. The van der Waals surface area contributed by atoms with Gasteiger partial charge < -0.3 is 10.0 Å². The molecule has 0 aliphatic carbocycles. The van der Waals surface area contributed by atoms with Crippen LogP contribution in [0.4, 0.5) is 28.9 Å². The van der Waals surface area contributed by atoms with Crippen molar-refractivity contribution in [1.29, 1.82) is 0 Å². The van der Waals surface area contributed by atoms with Crippen LogP contribution in [0.1, 0.15) is 57.4 Å². The van der Waals surface area contributed by atoms with E-state index in [9.17, 15) is 22.0 Å². The monoisotopic (exact) mass is 622 g/mol. The number of rotatable bonds is 15. The maximum Gasteiger partial charge on any atom is 0.303 e. The zero-order valence-corrected chi connectivity index (χ0v) is 24.5. The summed E-state index contributed by atoms with van der Waals surface area (Å²) in [5.41, 5.74) is -1.13. The highest BCUT2D eigenvalue weighted by Gasteiger charge is 2.48. The Hall–Kier alpha value is -3.77. The molecule has 0 aromatic heterocycles. The lowest BCUT2D eigenvalue weighted by molar-refractivity contribution is -0.137. The van der Waals surface area contributed by atoms with Crippen LogP contribution >= 0.6 is 0 Å². The number of carboxylic acids is 1. The highest BCUT2D eigenvalue weighted by atomic mass is 32.2. The fourth-order valence-corrected chi connectivity index (χ4v) is 5.71. The van der Waals surface area contributed by atoms with Gasteiger partial charge in [0.05, 0.1) is 17.1 Å². The summed E-state index contributed by atoms with van der Waals surface area (Å²) in [5, 5.41) is 8.91. The van der Waals surface area contributed by atoms with Gasteiger partial charge in [0.15, 0.2) is 23.3 Å². The molecule has 0 spiro atoms. The molecule has 1 unspecified atom stereocenters. The summed E-state index contributed by atoms with van der Waals surface area (Å²) in [5.74, 6) is -8.49. The predicted octanol–water partition coefficient (Wildman–Crippen LogP) is 7.42. The lowest BCUT2D eigenvalue weighted by Crippen LogP contribution is -2.30. The van der Waals surface area contributed by atoms with Gasteiger partial charge in [0, 0.05) is 35.9 Å². The molecule has 7 nitrogen and oxygen atoms in total. The SMILES string of the molecule is CC1(CCCCS(=O)(=O)O)\C(=C/C=C/C=C/C=N/c2ccccc2)N(CCCCCC(=O)O)c2c(F)c(F)c(F)c(F)c21. The van der Waals surface area contributed by atoms with Crippen molar-refractivity contribution in [3.63, 3.8) is 0 Å². The Morgan fingerprint density at radius 3 is 2.26 bits per heavy atom. The number of anilines is 1. The number of aliphatic carboxylic acids is 1. The van der Waals surface area contributed by atoms with Crippen molar-refractivity contribution in [2.75, 3.05) is 17.2 Å². The molecule has 0 saturated heterocycles. The van der Waals surface area contributed by atoms with E-state index in [1.807, 2.05) is 30.3 Å². The summed E-state index contributed by atoms with van der Waals surface area (Å²) < 4.78 is 91.3. The van der Waals surface area contributed by atoms with Gasteiger partial charge in [-0.3, -0.25) is 14.3 Å². The minimum atomic E-state index is -4.26. The van der Waals surface area contributed by atoms with Crippen LogP contribution < -0.4 is 4.90 Å². The third-order valence-corrected chi connectivity index (χ3v) is 7.98. The average molecular weight is 623 g/mol. The smallest absolute Gasteiger partial charge is 0.303 e. The van der Waals surface area contributed by atoms with Crippen molar-refractivity contribution in [2.24, 2.45) is 4.99 Å². The summed E-state index contributed by atoms with van der Waals surface area (Å²) in [7, 11) is -4.26. The van der Waals surface area contributed by atoms with E-state index < -0.39 is 56.2 Å². The van der Waals surface area contributed by atoms with Crippen LogP contribution in [0.2, 0.25) is 0 Å². The van der Waals surface area contributed by atoms with Gasteiger partial charge in [-0.05, 0) is 56.9 Å². The Bertz CT molecular complexity index is 1520. The maximum atomic E-state index is 15.4. The summed E-state index contributed by atoms with van der Waals surface area (Å²) >= 11 is 0. The van der Waals surface area contributed by atoms with Crippen LogP contribution in [-0.4, -0.2) is 42.6 Å². The Morgan fingerprint density at radius 1 is 0.907 bits per heavy atom. The Morgan fingerprint density at radius 2 is 1.58 bits per heavy atom. The number of fused-ring (bicyclic) bond motifs is 1. The first-order valence-corrected chi connectivity index (χ1v) is 15.4. The van der Waals surface area contributed by atoms with Gasteiger partial charge in [-0.2, -0.15) is 8.42 Å². The lowest BCUT2D eigenvalue weighted by Gasteiger charge is -2.30. The van der Waals surface area contributed by atoms with Crippen molar-refractivity contribution >= 4 is 33.7 Å². The van der Waals surface area contributed by atoms with Crippen LogP contribution in [0, 0.1) is 23.3 Å². The molecule has 2 N–H and O–H groups in total. The molecule has 1 aliphatic rings. The minimum absolute atomic E-state index is 0.000666. The second-order valence-electron chi connectivity index (χ2n) is 10.3. The number of hydrogen-bond donors (Lipinski definition) is 2. The molecule has 0 radical (unpaired) electrons. The molecule has 0 bridgehead atoms. The van der Waals surface area contributed by atoms with Crippen molar-refractivity contribution in [3.05, 3.63) is 95.2 Å². The number of unbranched alkanes of at least 4 members (excludes halogenated alkanes) is 3. The van der Waals surface area contributed by atoms with Crippen molar-refractivity contribution in [3.8, 4) is 0 Å². The molecule has 0 saturated carbocycles. The maximum absolute atomic E-state index is 15.4. The average Bonchev–Trinajstić information content (AvgIpc) is 3.20. The van der Waals surface area contributed by atoms with Crippen molar-refractivity contribution < 1.29 is 40.4 Å². The highest BCUT2D eigenvalue weighted by molar-refractivity contribution is 7.85.